The van der Waals surface area contributed by atoms with E-state index in [9.17, 15) is 9.59 Å². The topological polar surface area (TPSA) is 52.7 Å². The minimum Gasteiger partial charge on any atom is -0.340 e. The molecule has 1 saturated heterocycles. The Kier molecular flexibility index (Phi) is 4.20. The predicted octanol–water partition coefficient (Wildman–Crippen LogP) is 0.507. The molecule has 21 heavy (non-hydrogen) atoms. The van der Waals surface area contributed by atoms with E-state index in [-0.39, 0.29) is 18.4 Å². The number of hydrogen-bond acceptors (Lipinski definition) is 3. The largest absolute Gasteiger partial charge is 0.340 e. The molecule has 0 unspecified atom stereocenters. The summed E-state index contributed by atoms with van der Waals surface area (Å²) in [5.41, 5.74) is 1.83. The van der Waals surface area contributed by atoms with Gasteiger partial charge in [-0.05, 0) is 31.0 Å². The summed E-state index contributed by atoms with van der Waals surface area (Å²) in [6.07, 6.45) is 1.80. The van der Waals surface area contributed by atoms with Crippen LogP contribution in [0.2, 0.25) is 0 Å². The van der Waals surface area contributed by atoms with E-state index in [2.05, 4.69) is 5.32 Å². The highest BCUT2D eigenvalue weighted by Crippen LogP contribution is 2.18. The molecule has 2 amide bonds. The predicted molar refractivity (Wildman–Crippen MR) is 80.1 cm³/mol. The van der Waals surface area contributed by atoms with Crippen LogP contribution in [0.4, 0.5) is 0 Å². The number of fused-ring (bicyclic) bond motifs is 1. The van der Waals surface area contributed by atoms with Gasteiger partial charge in [0.05, 0.1) is 0 Å². The molecule has 5 heteroatoms. The van der Waals surface area contributed by atoms with Crippen molar-refractivity contribution in [1.82, 2.24) is 15.1 Å². The van der Waals surface area contributed by atoms with E-state index in [0.29, 0.717) is 6.54 Å². The zero-order valence-corrected chi connectivity index (χ0v) is 12.2. The summed E-state index contributed by atoms with van der Waals surface area (Å²) in [4.78, 5) is 28.4. The molecule has 0 radical (unpaired) electrons. The lowest BCUT2D eigenvalue weighted by Crippen LogP contribution is -2.46. The van der Waals surface area contributed by atoms with Gasteiger partial charge in [-0.2, -0.15) is 0 Å². The molecule has 5 nitrogen and oxygen atoms in total. The number of rotatable bonds is 2. The number of carbonyl (C=O) groups is 2. The van der Waals surface area contributed by atoms with Crippen LogP contribution in [0.1, 0.15) is 22.3 Å². The lowest BCUT2D eigenvalue weighted by Gasteiger charge is -2.30. The fourth-order valence-corrected chi connectivity index (χ4v) is 2.98. The van der Waals surface area contributed by atoms with Crippen molar-refractivity contribution in [3.05, 3.63) is 35.4 Å². The van der Waals surface area contributed by atoms with Gasteiger partial charge in [-0.1, -0.05) is 18.2 Å². The Morgan fingerprint density at radius 3 is 2.90 bits per heavy atom. The first-order chi connectivity index (χ1) is 10.3. The van der Waals surface area contributed by atoms with Gasteiger partial charge in [-0.25, -0.2) is 0 Å². The van der Waals surface area contributed by atoms with Crippen LogP contribution in [0, 0.1) is 0 Å². The Bertz CT molecular complexity index is 536. The van der Waals surface area contributed by atoms with Gasteiger partial charge in [0, 0.05) is 31.7 Å². The van der Waals surface area contributed by atoms with E-state index in [0.717, 1.165) is 50.1 Å². The third-order valence-corrected chi connectivity index (χ3v) is 4.20. The van der Waals surface area contributed by atoms with Crippen LogP contribution < -0.4 is 5.32 Å². The van der Waals surface area contributed by atoms with Crippen molar-refractivity contribution in [3.63, 3.8) is 0 Å². The molecule has 0 aromatic heterocycles. The van der Waals surface area contributed by atoms with Crippen molar-refractivity contribution in [2.45, 2.75) is 12.8 Å². The lowest BCUT2D eigenvalue weighted by atomic mass is 9.99. The molecule has 1 N–H and O–H groups in total. The van der Waals surface area contributed by atoms with Crippen molar-refractivity contribution >= 4 is 11.8 Å². The first kappa shape index (κ1) is 14.1. The second-order valence-electron chi connectivity index (χ2n) is 5.62. The summed E-state index contributed by atoms with van der Waals surface area (Å²) in [7, 11) is 0. The second kappa shape index (κ2) is 6.26. The van der Waals surface area contributed by atoms with Crippen LogP contribution >= 0.6 is 0 Å². The molecule has 0 atom stereocenters. The number of nitrogens with zero attached hydrogens (tertiary/aromatic N) is 2. The summed E-state index contributed by atoms with van der Waals surface area (Å²) in [5.74, 6) is 0.0459. The molecule has 1 aromatic carbocycles. The highest BCUT2D eigenvalue weighted by Gasteiger charge is 2.27. The lowest BCUT2D eigenvalue weighted by molar-refractivity contribution is -0.131. The monoisotopic (exact) mass is 287 g/mol. The summed E-state index contributed by atoms with van der Waals surface area (Å²) in [5, 5.41) is 3.28. The molecule has 2 aliphatic rings. The van der Waals surface area contributed by atoms with Crippen LogP contribution in [0.25, 0.3) is 0 Å². The van der Waals surface area contributed by atoms with Crippen molar-refractivity contribution in [1.29, 1.82) is 0 Å². The first-order valence-electron chi connectivity index (χ1n) is 7.61. The molecule has 1 aromatic rings. The van der Waals surface area contributed by atoms with Crippen LogP contribution in [0.5, 0.6) is 0 Å². The van der Waals surface area contributed by atoms with Gasteiger partial charge < -0.3 is 15.1 Å². The maximum Gasteiger partial charge on any atom is 0.254 e. The molecule has 1 fully saturated rings. The average Bonchev–Trinajstić information content (AvgIpc) is 2.79. The van der Waals surface area contributed by atoms with Gasteiger partial charge in [0.1, 0.15) is 6.54 Å². The third-order valence-electron chi connectivity index (χ3n) is 4.20. The zero-order chi connectivity index (χ0) is 14.7. The van der Waals surface area contributed by atoms with Gasteiger partial charge in [-0.15, -0.1) is 0 Å². The third kappa shape index (κ3) is 3.08. The number of nitrogens with one attached hydrogen (secondary N) is 1. The van der Waals surface area contributed by atoms with E-state index in [1.807, 2.05) is 29.2 Å². The maximum atomic E-state index is 12.4. The van der Waals surface area contributed by atoms with Crippen molar-refractivity contribution < 1.29 is 9.59 Å². The van der Waals surface area contributed by atoms with Gasteiger partial charge in [0.2, 0.25) is 5.91 Å². The van der Waals surface area contributed by atoms with Crippen LogP contribution in [-0.4, -0.2) is 60.9 Å². The molecule has 3 rings (SSSR count). The highest BCUT2D eigenvalue weighted by atomic mass is 16.2. The SMILES string of the molecule is O=C(CN1CCc2ccccc2C1=O)N1CCCNCC1. The quantitative estimate of drug-likeness (QED) is 0.862. The van der Waals surface area contributed by atoms with Gasteiger partial charge in [0.15, 0.2) is 0 Å². The van der Waals surface area contributed by atoms with E-state index >= 15 is 0 Å². The number of carbonyl (C=O) groups excluding carboxylic acids is 2. The Balaban J connectivity index is 1.65. The molecule has 2 heterocycles. The fraction of sp³-hybridized carbons (Fsp3) is 0.500. The number of benzene rings is 1. The van der Waals surface area contributed by atoms with Crippen LogP contribution in [0.3, 0.4) is 0 Å². The molecule has 0 saturated carbocycles. The molecular weight excluding hydrogens is 266 g/mol. The molecular formula is C16H21N3O2. The molecule has 0 bridgehead atoms. The van der Waals surface area contributed by atoms with Crippen molar-refractivity contribution in [2.24, 2.45) is 0 Å². The normalized spacial score (nSPS) is 19.1. The summed E-state index contributed by atoms with van der Waals surface area (Å²) < 4.78 is 0. The second-order valence-corrected chi connectivity index (χ2v) is 5.62. The Hall–Kier alpha value is -1.88. The van der Waals surface area contributed by atoms with Gasteiger partial charge in [-0.3, -0.25) is 9.59 Å². The van der Waals surface area contributed by atoms with Crippen molar-refractivity contribution in [2.75, 3.05) is 39.3 Å². The Morgan fingerprint density at radius 2 is 2.00 bits per heavy atom. The Labute approximate surface area is 124 Å². The standard InChI is InChI=1S/C16H21N3O2/c20-15(18-9-3-7-17-8-11-18)12-19-10-6-13-4-1-2-5-14(13)16(19)21/h1-2,4-5,17H,3,6-12H2. The first-order valence-corrected chi connectivity index (χ1v) is 7.61. The van der Waals surface area contributed by atoms with Crippen molar-refractivity contribution in [3.8, 4) is 0 Å². The summed E-state index contributed by atoms with van der Waals surface area (Å²) in [6, 6.07) is 7.68. The minimum absolute atomic E-state index is 0.0156. The smallest absolute Gasteiger partial charge is 0.254 e. The molecule has 0 aliphatic carbocycles. The molecule has 0 spiro atoms. The highest BCUT2D eigenvalue weighted by molar-refractivity contribution is 5.98. The van der Waals surface area contributed by atoms with Gasteiger partial charge >= 0.3 is 0 Å². The Morgan fingerprint density at radius 1 is 1.14 bits per heavy atom. The fourth-order valence-electron chi connectivity index (χ4n) is 2.98. The van der Waals surface area contributed by atoms with E-state index in [1.54, 1.807) is 4.90 Å². The maximum absolute atomic E-state index is 12.4. The average molecular weight is 287 g/mol. The molecule has 2 aliphatic heterocycles. The number of hydrogen-bond donors (Lipinski definition) is 1. The van der Waals surface area contributed by atoms with Crippen LogP contribution in [0.15, 0.2) is 24.3 Å². The van der Waals surface area contributed by atoms with Gasteiger partial charge in [0.25, 0.3) is 5.91 Å². The molecule has 112 valence electrons. The summed E-state index contributed by atoms with van der Waals surface area (Å²) >= 11 is 0. The zero-order valence-electron chi connectivity index (χ0n) is 12.2. The van der Waals surface area contributed by atoms with E-state index < -0.39 is 0 Å². The van der Waals surface area contributed by atoms with E-state index in [1.165, 1.54) is 0 Å². The number of amides is 2. The van der Waals surface area contributed by atoms with Crippen LogP contribution in [-0.2, 0) is 11.2 Å². The summed E-state index contributed by atoms with van der Waals surface area (Å²) in [6.45, 7) is 4.14. The van der Waals surface area contributed by atoms with E-state index in [4.69, 9.17) is 0 Å². The minimum atomic E-state index is -0.0156.